The van der Waals surface area contributed by atoms with Crippen LogP contribution in [0.1, 0.15) is 18.1 Å². The number of nitrogens with one attached hydrogen (secondary N) is 2. The summed E-state index contributed by atoms with van der Waals surface area (Å²) in [5, 5.41) is 6.60. The fourth-order valence-corrected chi connectivity index (χ4v) is 3.66. The van der Waals surface area contributed by atoms with Crippen LogP contribution in [0.5, 0.6) is 0 Å². The summed E-state index contributed by atoms with van der Waals surface area (Å²) in [6, 6.07) is 15.1. The monoisotopic (exact) mass is 425 g/mol. The predicted molar refractivity (Wildman–Crippen MR) is 120 cm³/mol. The van der Waals surface area contributed by atoms with Crippen LogP contribution >= 0.6 is 0 Å². The van der Waals surface area contributed by atoms with Crippen molar-refractivity contribution in [1.82, 2.24) is 20.2 Å². The fourth-order valence-electron chi connectivity index (χ4n) is 3.03. The second-order valence-corrected chi connectivity index (χ2v) is 8.90. The molecule has 3 rings (SSSR count). The van der Waals surface area contributed by atoms with E-state index >= 15 is 0 Å². The number of hydrogen-bond acceptors (Lipinski definition) is 4. The van der Waals surface area contributed by atoms with Gasteiger partial charge in [-0.3, -0.25) is 0 Å². The van der Waals surface area contributed by atoms with E-state index < -0.39 is 9.84 Å². The Bertz CT molecular complexity index is 1070. The summed E-state index contributed by atoms with van der Waals surface area (Å²) in [6.45, 7) is 4.01. The molecule has 7 nitrogen and oxygen atoms in total. The van der Waals surface area contributed by atoms with Gasteiger partial charge in [-0.2, -0.15) is 0 Å². The van der Waals surface area contributed by atoms with E-state index in [1.165, 1.54) is 6.26 Å². The first kappa shape index (κ1) is 21.6. The van der Waals surface area contributed by atoms with Crippen LogP contribution in [0.25, 0.3) is 5.69 Å². The summed E-state index contributed by atoms with van der Waals surface area (Å²) < 4.78 is 25.1. The van der Waals surface area contributed by atoms with E-state index in [2.05, 4.69) is 21.7 Å². The summed E-state index contributed by atoms with van der Waals surface area (Å²) in [5.41, 5.74) is 3.22. The number of imidazole rings is 1. The van der Waals surface area contributed by atoms with Gasteiger partial charge in [-0.1, -0.05) is 30.3 Å². The first-order valence-electron chi connectivity index (χ1n) is 9.85. The molecule has 3 aromatic rings. The quantitative estimate of drug-likeness (QED) is 0.428. The molecule has 0 aliphatic carbocycles. The zero-order valence-corrected chi connectivity index (χ0v) is 18.1. The smallest absolute Gasteiger partial charge is 0.191 e. The first-order valence-corrected chi connectivity index (χ1v) is 11.7. The predicted octanol–water partition coefficient (Wildman–Crippen LogP) is 2.57. The number of aliphatic imine (C=N–C) groups is 1. The molecule has 0 spiro atoms. The lowest BCUT2D eigenvalue weighted by atomic mass is 10.1. The van der Waals surface area contributed by atoms with Crippen molar-refractivity contribution in [2.75, 3.05) is 19.3 Å². The van der Waals surface area contributed by atoms with E-state index in [-0.39, 0.29) is 0 Å². The van der Waals surface area contributed by atoms with Gasteiger partial charge in [0.15, 0.2) is 15.8 Å². The molecule has 0 saturated carbocycles. The Balaban J connectivity index is 1.62. The highest BCUT2D eigenvalue weighted by molar-refractivity contribution is 7.90. The minimum Gasteiger partial charge on any atom is -0.357 e. The number of nitrogens with zero attached hydrogens (tertiary/aromatic N) is 3. The van der Waals surface area contributed by atoms with Crippen LogP contribution in [-0.2, 0) is 22.8 Å². The summed E-state index contributed by atoms with van der Waals surface area (Å²) in [5.74, 6) is 0.741. The van der Waals surface area contributed by atoms with Gasteiger partial charge in [0.1, 0.15) is 0 Å². The van der Waals surface area contributed by atoms with Crippen molar-refractivity contribution in [3.63, 3.8) is 0 Å². The van der Waals surface area contributed by atoms with Gasteiger partial charge in [0, 0.05) is 31.7 Å². The number of guanidine groups is 1. The minimum atomic E-state index is -3.16. The first-order chi connectivity index (χ1) is 14.5. The van der Waals surface area contributed by atoms with Crippen LogP contribution in [0, 0.1) is 0 Å². The zero-order valence-electron chi connectivity index (χ0n) is 17.2. The number of rotatable bonds is 8. The lowest BCUT2D eigenvalue weighted by Crippen LogP contribution is -2.38. The number of aromatic nitrogens is 2. The lowest BCUT2D eigenvalue weighted by molar-refractivity contribution is 0.602. The number of sulfone groups is 1. The molecule has 0 fully saturated rings. The minimum absolute atomic E-state index is 0.339. The third-order valence-electron chi connectivity index (χ3n) is 4.58. The third-order valence-corrected chi connectivity index (χ3v) is 5.71. The molecule has 0 amide bonds. The average Bonchev–Trinajstić information content (AvgIpc) is 3.27. The van der Waals surface area contributed by atoms with Crippen LogP contribution in [0.2, 0.25) is 0 Å². The standard InChI is InChI=1S/C22H27N5O2S/c1-3-24-22(25-13-12-18-8-10-20(11-9-18)30(2,28)29)26-16-19-6-4-5-7-21(19)27-15-14-23-17-27/h4-11,14-15,17H,3,12-13,16H2,1-2H3,(H2,24,25,26). The summed E-state index contributed by atoms with van der Waals surface area (Å²) in [7, 11) is -3.16. The normalized spacial score (nSPS) is 12.0. The van der Waals surface area contributed by atoms with E-state index in [9.17, 15) is 8.42 Å². The lowest BCUT2D eigenvalue weighted by Gasteiger charge is -2.13. The highest BCUT2D eigenvalue weighted by atomic mass is 32.2. The molecule has 158 valence electrons. The number of hydrogen-bond donors (Lipinski definition) is 2. The van der Waals surface area contributed by atoms with E-state index in [0.717, 1.165) is 35.7 Å². The molecule has 0 unspecified atom stereocenters. The molecule has 0 aliphatic heterocycles. The van der Waals surface area contributed by atoms with Crippen LogP contribution in [0.3, 0.4) is 0 Å². The van der Waals surface area contributed by atoms with Crippen molar-refractivity contribution in [3.8, 4) is 5.69 Å². The SMILES string of the molecule is CCNC(=NCc1ccccc1-n1ccnc1)NCCc1ccc(S(C)(=O)=O)cc1. The molecule has 2 aromatic carbocycles. The Morgan fingerprint density at radius 2 is 1.87 bits per heavy atom. The van der Waals surface area contributed by atoms with E-state index in [4.69, 9.17) is 4.99 Å². The van der Waals surface area contributed by atoms with Crippen molar-refractivity contribution in [2.45, 2.75) is 24.8 Å². The third kappa shape index (κ3) is 5.93. The molecule has 1 aromatic heterocycles. The Morgan fingerprint density at radius 3 is 2.53 bits per heavy atom. The maximum atomic E-state index is 11.6. The largest absolute Gasteiger partial charge is 0.357 e. The van der Waals surface area contributed by atoms with Gasteiger partial charge in [0.25, 0.3) is 0 Å². The molecule has 0 radical (unpaired) electrons. The van der Waals surface area contributed by atoms with Gasteiger partial charge in [-0.25, -0.2) is 18.4 Å². The van der Waals surface area contributed by atoms with E-state index in [1.807, 2.05) is 48.0 Å². The number of para-hydroxylation sites is 1. The Morgan fingerprint density at radius 1 is 1.10 bits per heavy atom. The van der Waals surface area contributed by atoms with Gasteiger partial charge >= 0.3 is 0 Å². The topological polar surface area (TPSA) is 88.4 Å². The molecule has 0 aliphatic rings. The molecule has 8 heteroatoms. The fraction of sp³-hybridized carbons (Fsp3) is 0.273. The molecular weight excluding hydrogens is 398 g/mol. The second kappa shape index (κ2) is 10.1. The van der Waals surface area contributed by atoms with Gasteiger partial charge in [-0.15, -0.1) is 0 Å². The molecule has 1 heterocycles. The summed E-state index contributed by atoms with van der Waals surface area (Å²) in [6.07, 6.45) is 7.43. The molecule has 0 saturated heterocycles. The average molecular weight is 426 g/mol. The molecule has 30 heavy (non-hydrogen) atoms. The van der Waals surface area contributed by atoms with Gasteiger partial charge < -0.3 is 15.2 Å². The molecule has 2 N–H and O–H groups in total. The second-order valence-electron chi connectivity index (χ2n) is 6.89. The maximum absolute atomic E-state index is 11.6. The number of benzene rings is 2. The Kier molecular flexibility index (Phi) is 7.24. The van der Waals surface area contributed by atoms with Crippen molar-refractivity contribution in [3.05, 3.63) is 78.4 Å². The van der Waals surface area contributed by atoms with Crippen LogP contribution in [0.15, 0.2) is 77.1 Å². The molecule has 0 bridgehead atoms. The van der Waals surface area contributed by atoms with Crippen LogP contribution in [-0.4, -0.2) is 43.3 Å². The molecule has 0 atom stereocenters. The highest BCUT2D eigenvalue weighted by Gasteiger charge is 2.07. The van der Waals surface area contributed by atoms with Crippen molar-refractivity contribution in [1.29, 1.82) is 0 Å². The van der Waals surface area contributed by atoms with Gasteiger partial charge in [0.2, 0.25) is 0 Å². The zero-order chi connectivity index (χ0) is 21.4. The van der Waals surface area contributed by atoms with Gasteiger partial charge in [0.05, 0.1) is 23.5 Å². The van der Waals surface area contributed by atoms with Crippen LogP contribution < -0.4 is 10.6 Å². The van der Waals surface area contributed by atoms with Gasteiger partial charge in [-0.05, 0) is 42.7 Å². The Labute approximate surface area is 177 Å². The van der Waals surface area contributed by atoms with Crippen molar-refractivity contribution in [2.24, 2.45) is 4.99 Å². The highest BCUT2D eigenvalue weighted by Crippen LogP contribution is 2.15. The van der Waals surface area contributed by atoms with E-state index in [0.29, 0.717) is 18.0 Å². The summed E-state index contributed by atoms with van der Waals surface area (Å²) >= 11 is 0. The maximum Gasteiger partial charge on any atom is 0.191 e. The van der Waals surface area contributed by atoms with Crippen LogP contribution in [0.4, 0.5) is 0 Å². The summed E-state index contributed by atoms with van der Waals surface area (Å²) in [4.78, 5) is 9.17. The molecular formula is C22H27N5O2S. The van der Waals surface area contributed by atoms with Crippen molar-refractivity contribution < 1.29 is 8.42 Å². The van der Waals surface area contributed by atoms with Crippen molar-refractivity contribution >= 4 is 15.8 Å². The Hall–Kier alpha value is -3.13. The van der Waals surface area contributed by atoms with E-state index in [1.54, 1.807) is 24.7 Å².